The Hall–Kier alpha value is -4.08. The predicted octanol–water partition coefficient (Wildman–Crippen LogP) is -3.05. The van der Waals surface area contributed by atoms with E-state index < -0.39 is 104 Å². The summed E-state index contributed by atoms with van der Waals surface area (Å²) in [7, 11) is 0. The number of carboxylic acids is 4. The predicted molar refractivity (Wildman–Crippen MR) is 112 cm³/mol. The van der Waals surface area contributed by atoms with Crippen LogP contribution >= 0.6 is 0 Å². The van der Waals surface area contributed by atoms with Crippen LogP contribution in [0.2, 0.25) is 0 Å². The zero-order valence-electron chi connectivity index (χ0n) is 18.4. The Morgan fingerprint density at radius 1 is 0.629 bits per heavy atom. The van der Waals surface area contributed by atoms with Crippen molar-refractivity contribution < 1.29 is 58.8 Å². The van der Waals surface area contributed by atoms with Gasteiger partial charge in [-0.1, -0.05) is 0 Å². The second kappa shape index (κ2) is 15.7. The van der Waals surface area contributed by atoms with Gasteiger partial charge in [-0.15, -0.1) is 0 Å². The molecule has 16 nitrogen and oxygen atoms in total. The molecule has 0 aliphatic heterocycles. The van der Waals surface area contributed by atoms with Gasteiger partial charge in [0.2, 0.25) is 24.0 Å². The molecule has 195 valence electrons. The average molecular weight is 503 g/mol. The maximum atomic E-state index is 12.7. The Bertz CT molecular complexity index is 831. The Kier molecular flexibility index (Phi) is 13.9. The SMILES string of the molecule is N[C@@H](CCC(=O)O)C(=O)N[C@@H](CCC(=O)O)C(=O)N[C@@H](CCC(=O)O)C(=O)N[C@H]([C]=O)CC(=O)O. The van der Waals surface area contributed by atoms with Crippen LogP contribution in [-0.2, 0) is 38.4 Å². The van der Waals surface area contributed by atoms with Crippen molar-refractivity contribution in [2.24, 2.45) is 5.73 Å². The molecule has 9 N–H and O–H groups in total. The number of hydrogen-bond donors (Lipinski definition) is 8. The third kappa shape index (κ3) is 13.9. The van der Waals surface area contributed by atoms with Crippen LogP contribution in [0.3, 0.4) is 0 Å². The monoisotopic (exact) mass is 503 g/mol. The van der Waals surface area contributed by atoms with Gasteiger partial charge < -0.3 is 42.1 Å². The number of hydrogen-bond acceptors (Lipinski definition) is 9. The summed E-state index contributed by atoms with van der Waals surface area (Å²) in [4.78, 5) is 91.5. The van der Waals surface area contributed by atoms with E-state index in [1.807, 2.05) is 5.32 Å². The zero-order chi connectivity index (χ0) is 27.1. The highest BCUT2D eigenvalue weighted by Gasteiger charge is 2.30. The number of rotatable bonds is 18. The van der Waals surface area contributed by atoms with Gasteiger partial charge >= 0.3 is 23.9 Å². The summed E-state index contributed by atoms with van der Waals surface area (Å²) < 4.78 is 0. The quantitative estimate of drug-likeness (QED) is 0.0923. The van der Waals surface area contributed by atoms with Crippen molar-refractivity contribution in [3.05, 3.63) is 0 Å². The van der Waals surface area contributed by atoms with E-state index in [2.05, 4.69) is 10.6 Å². The van der Waals surface area contributed by atoms with Gasteiger partial charge in [-0.25, -0.2) is 0 Å². The van der Waals surface area contributed by atoms with E-state index in [0.717, 1.165) is 0 Å². The standard InChI is InChI=1S/C19H27N4O12/c20-10(1-4-13(25)26)17(33)22-12(3-6-15(29)30)19(35)23-11(2-5-14(27)28)18(34)21-9(8-24)7-16(31)32/h9-12H,1-7,20H2,(H,21,34)(H,22,33)(H,23,35)(H,25,26)(H,27,28)(H,29,30)(H,31,32)/t9-,10-,11-,12-/m0/s1. The molecule has 0 saturated heterocycles. The van der Waals surface area contributed by atoms with Gasteiger partial charge in [-0.2, -0.15) is 0 Å². The molecule has 4 atom stereocenters. The topological polar surface area (TPSA) is 280 Å². The third-order valence-electron chi connectivity index (χ3n) is 4.40. The smallest absolute Gasteiger partial charge is 0.305 e. The number of carboxylic acid groups (broad SMARTS) is 4. The van der Waals surface area contributed by atoms with E-state index in [1.165, 1.54) is 6.29 Å². The minimum atomic E-state index is -1.60. The van der Waals surface area contributed by atoms with E-state index in [0.29, 0.717) is 0 Å². The Morgan fingerprint density at radius 3 is 1.43 bits per heavy atom. The fourth-order valence-electron chi connectivity index (χ4n) is 2.60. The maximum Gasteiger partial charge on any atom is 0.305 e. The van der Waals surface area contributed by atoms with Gasteiger partial charge in [-0.3, -0.25) is 38.4 Å². The second-order valence-corrected chi connectivity index (χ2v) is 7.30. The maximum absolute atomic E-state index is 12.7. The summed E-state index contributed by atoms with van der Waals surface area (Å²) in [5.41, 5.74) is 5.57. The molecule has 0 unspecified atom stereocenters. The minimum Gasteiger partial charge on any atom is -0.481 e. The van der Waals surface area contributed by atoms with Crippen LogP contribution in [0.5, 0.6) is 0 Å². The lowest BCUT2D eigenvalue weighted by Gasteiger charge is -2.24. The second-order valence-electron chi connectivity index (χ2n) is 7.30. The molecule has 0 aliphatic carbocycles. The van der Waals surface area contributed by atoms with Crippen LogP contribution in [0.25, 0.3) is 0 Å². The summed E-state index contributed by atoms with van der Waals surface area (Å²) >= 11 is 0. The van der Waals surface area contributed by atoms with Crippen molar-refractivity contribution in [1.29, 1.82) is 0 Å². The van der Waals surface area contributed by atoms with Gasteiger partial charge in [0.15, 0.2) is 0 Å². The van der Waals surface area contributed by atoms with Crippen LogP contribution in [-0.4, -0.2) is 92.5 Å². The van der Waals surface area contributed by atoms with Gasteiger partial charge in [0.25, 0.3) is 0 Å². The lowest BCUT2D eigenvalue weighted by atomic mass is 10.1. The molecule has 3 amide bonds. The van der Waals surface area contributed by atoms with Crippen LogP contribution in [0, 0.1) is 0 Å². The van der Waals surface area contributed by atoms with Crippen LogP contribution < -0.4 is 21.7 Å². The number of aliphatic carboxylic acids is 4. The molecule has 0 saturated carbocycles. The largest absolute Gasteiger partial charge is 0.481 e. The van der Waals surface area contributed by atoms with Crippen molar-refractivity contribution in [3.63, 3.8) is 0 Å². The highest BCUT2D eigenvalue weighted by atomic mass is 16.4. The van der Waals surface area contributed by atoms with Crippen LogP contribution in [0.1, 0.15) is 44.9 Å². The normalized spacial score (nSPS) is 13.9. The van der Waals surface area contributed by atoms with Gasteiger partial charge in [0.05, 0.1) is 12.5 Å². The highest BCUT2D eigenvalue weighted by Crippen LogP contribution is 2.05. The molecule has 0 heterocycles. The Balaban J connectivity index is 5.55. The molecule has 0 aromatic rings. The number of carbonyl (C=O) groups excluding carboxylic acids is 4. The van der Waals surface area contributed by atoms with E-state index in [9.17, 15) is 38.4 Å². The molecule has 0 fully saturated rings. The van der Waals surface area contributed by atoms with Crippen molar-refractivity contribution >= 4 is 47.9 Å². The summed E-state index contributed by atoms with van der Waals surface area (Å²) in [6.45, 7) is 0. The zero-order valence-corrected chi connectivity index (χ0v) is 18.4. The molecule has 0 aliphatic rings. The van der Waals surface area contributed by atoms with Gasteiger partial charge in [0.1, 0.15) is 18.1 Å². The van der Waals surface area contributed by atoms with Crippen LogP contribution in [0.15, 0.2) is 0 Å². The molecule has 0 aromatic carbocycles. The number of amides is 3. The molecule has 0 aromatic heterocycles. The fourth-order valence-corrected chi connectivity index (χ4v) is 2.60. The third-order valence-corrected chi connectivity index (χ3v) is 4.40. The van der Waals surface area contributed by atoms with E-state index in [-0.39, 0.29) is 6.42 Å². The minimum absolute atomic E-state index is 0.286. The average Bonchev–Trinajstić information content (AvgIpc) is 2.75. The van der Waals surface area contributed by atoms with E-state index in [4.69, 9.17) is 26.2 Å². The van der Waals surface area contributed by atoms with E-state index in [1.54, 1.807) is 0 Å². The first-order chi connectivity index (χ1) is 16.3. The van der Waals surface area contributed by atoms with Gasteiger partial charge in [-0.05, 0) is 19.3 Å². The molecule has 35 heavy (non-hydrogen) atoms. The van der Waals surface area contributed by atoms with Crippen molar-refractivity contribution in [1.82, 2.24) is 16.0 Å². The van der Waals surface area contributed by atoms with Gasteiger partial charge in [0, 0.05) is 19.3 Å². The first-order valence-corrected chi connectivity index (χ1v) is 10.2. The molecular weight excluding hydrogens is 476 g/mol. The molecule has 16 heteroatoms. The van der Waals surface area contributed by atoms with Crippen LogP contribution in [0.4, 0.5) is 0 Å². The Morgan fingerprint density at radius 2 is 1.03 bits per heavy atom. The summed E-state index contributed by atoms with van der Waals surface area (Å²) in [6.07, 6.45) is -2.48. The summed E-state index contributed by atoms with van der Waals surface area (Å²) in [5.74, 6) is -8.53. The van der Waals surface area contributed by atoms with Crippen molar-refractivity contribution in [2.75, 3.05) is 0 Å². The lowest BCUT2D eigenvalue weighted by Crippen LogP contribution is -2.56. The lowest BCUT2D eigenvalue weighted by molar-refractivity contribution is -0.140. The molecule has 1 radical (unpaired) electrons. The Labute approximate surface area is 198 Å². The molecule has 0 spiro atoms. The van der Waals surface area contributed by atoms with Crippen molar-refractivity contribution in [3.8, 4) is 0 Å². The molecule has 0 rings (SSSR count). The summed E-state index contributed by atoms with van der Waals surface area (Å²) in [6, 6.07) is -6.11. The van der Waals surface area contributed by atoms with Crippen molar-refractivity contribution in [2.45, 2.75) is 69.1 Å². The molecule has 0 bridgehead atoms. The number of nitrogens with two attached hydrogens (primary N) is 1. The number of nitrogens with one attached hydrogen (secondary N) is 3. The highest BCUT2D eigenvalue weighted by molar-refractivity contribution is 5.94. The first-order valence-electron chi connectivity index (χ1n) is 10.2. The number of carbonyl (C=O) groups is 7. The van der Waals surface area contributed by atoms with E-state index >= 15 is 0 Å². The first kappa shape index (κ1) is 30.9. The fraction of sp³-hybridized carbons (Fsp3) is 0.579. The molecular formula is C19H27N4O12. The summed E-state index contributed by atoms with van der Waals surface area (Å²) in [5, 5.41) is 41.5.